The van der Waals surface area contributed by atoms with Gasteiger partial charge in [0.05, 0.1) is 5.69 Å². The third kappa shape index (κ3) is 3.35. The predicted octanol–water partition coefficient (Wildman–Crippen LogP) is 4.37. The molecular formula is C17H15N5OS2. The summed E-state index contributed by atoms with van der Waals surface area (Å²) in [5.74, 6) is 2.33. The van der Waals surface area contributed by atoms with Crippen LogP contribution in [0.2, 0.25) is 0 Å². The SMILES string of the molecule is CCn1c(SCc2cc(-c3ccsc3)on2)nnc1-c1ccncc1. The van der Waals surface area contributed by atoms with Gasteiger partial charge in [0.2, 0.25) is 0 Å². The van der Waals surface area contributed by atoms with Crippen LogP contribution in [0, 0.1) is 0 Å². The fourth-order valence-electron chi connectivity index (χ4n) is 2.45. The maximum Gasteiger partial charge on any atom is 0.191 e. The zero-order chi connectivity index (χ0) is 17.1. The maximum atomic E-state index is 5.42. The van der Waals surface area contributed by atoms with E-state index in [0.717, 1.165) is 40.1 Å². The topological polar surface area (TPSA) is 69.6 Å². The van der Waals surface area contributed by atoms with Crippen molar-refractivity contribution in [2.45, 2.75) is 24.4 Å². The van der Waals surface area contributed by atoms with Crippen LogP contribution in [0.5, 0.6) is 0 Å². The zero-order valence-corrected chi connectivity index (χ0v) is 15.1. The molecule has 25 heavy (non-hydrogen) atoms. The summed E-state index contributed by atoms with van der Waals surface area (Å²) in [4.78, 5) is 4.05. The summed E-state index contributed by atoms with van der Waals surface area (Å²) < 4.78 is 7.52. The van der Waals surface area contributed by atoms with E-state index in [2.05, 4.69) is 31.8 Å². The van der Waals surface area contributed by atoms with Gasteiger partial charge >= 0.3 is 0 Å². The van der Waals surface area contributed by atoms with Crippen LogP contribution in [-0.4, -0.2) is 24.9 Å². The van der Waals surface area contributed by atoms with Gasteiger partial charge in [-0.3, -0.25) is 4.98 Å². The Labute approximate surface area is 152 Å². The Hall–Kier alpha value is -2.45. The molecular weight excluding hydrogens is 354 g/mol. The molecule has 0 radical (unpaired) electrons. The number of thioether (sulfide) groups is 1. The standard InChI is InChI=1S/C17H15N5OS2/c1-2-22-16(12-3-6-18-7-4-12)19-20-17(22)25-11-14-9-15(23-21-14)13-5-8-24-10-13/h3-10H,2,11H2,1H3. The van der Waals surface area contributed by atoms with E-state index in [1.165, 1.54) is 0 Å². The quantitative estimate of drug-likeness (QED) is 0.470. The average molecular weight is 369 g/mol. The van der Waals surface area contributed by atoms with Gasteiger partial charge in [-0.2, -0.15) is 11.3 Å². The molecule has 0 saturated carbocycles. The summed E-state index contributed by atoms with van der Waals surface area (Å²) in [6.07, 6.45) is 3.52. The Morgan fingerprint density at radius 1 is 1.16 bits per heavy atom. The highest BCUT2D eigenvalue weighted by atomic mass is 32.2. The fourth-order valence-corrected chi connectivity index (χ4v) is 3.98. The lowest BCUT2D eigenvalue weighted by Crippen LogP contribution is -2.00. The van der Waals surface area contributed by atoms with E-state index in [0.29, 0.717) is 5.75 Å². The second-order valence-electron chi connectivity index (χ2n) is 5.27. The monoisotopic (exact) mass is 369 g/mol. The van der Waals surface area contributed by atoms with Crippen molar-refractivity contribution in [1.82, 2.24) is 24.9 Å². The first kappa shape index (κ1) is 16.0. The molecule has 0 fully saturated rings. The minimum atomic E-state index is 0.683. The molecule has 0 unspecified atom stereocenters. The minimum Gasteiger partial charge on any atom is -0.356 e. The van der Waals surface area contributed by atoms with Crippen LogP contribution < -0.4 is 0 Å². The summed E-state index contributed by atoms with van der Waals surface area (Å²) in [6, 6.07) is 7.88. The Morgan fingerprint density at radius 3 is 2.80 bits per heavy atom. The highest BCUT2D eigenvalue weighted by molar-refractivity contribution is 7.98. The number of rotatable bonds is 6. The third-order valence-corrected chi connectivity index (χ3v) is 5.37. The summed E-state index contributed by atoms with van der Waals surface area (Å²) >= 11 is 3.25. The molecule has 0 aliphatic heterocycles. The van der Waals surface area contributed by atoms with Crippen LogP contribution in [0.25, 0.3) is 22.7 Å². The Kier molecular flexibility index (Phi) is 4.62. The van der Waals surface area contributed by atoms with E-state index >= 15 is 0 Å². The van der Waals surface area contributed by atoms with Gasteiger partial charge in [0, 0.05) is 47.3 Å². The third-order valence-electron chi connectivity index (χ3n) is 3.69. The maximum absolute atomic E-state index is 5.42. The molecule has 0 spiro atoms. The molecule has 0 aliphatic rings. The number of nitrogens with zero attached hydrogens (tertiary/aromatic N) is 5. The van der Waals surface area contributed by atoms with Crippen molar-refractivity contribution in [3.63, 3.8) is 0 Å². The molecule has 4 aromatic heterocycles. The predicted molar refractivity (Wildman–Crippen MR) is 98.3 cm³/mol. The molecule has 6 nitrogen and oxygen atoms in total. The summed E-state index contributed by atoms with van der Waals surface area (Å²) in [6.45, 7) is 2.88. The van der Waals surface area contributed by atoms with E-state index in [9.17, 15) is 0 Å². The van der Waals surface area contributed by atoms with Gasteiger partial charge in [-0.05, 0) is 30.5 Å². The molecule has 0 aromatic carbocycles. The van der Waals surface area contributed by atoms with E-state index in [4.69, 9.17) is 4.52 Å². The van der Waals surface area contributed by atoms with Crippen molar-refractivity contribution in [2.75, 3.05) is 0 Å². The molecule has 4 aromatic rings. The molecule has 8 heteroatoms. The van der Waals surface area contributed by atoms with E-state index in [1.54, 1.807) is 35.5 Å². The lowest BCUT2D eigenvalue weighted by Gasteiger charge is -2.06. The van der Waals surface area contributed by atoms with Crippen molar-refractivity contribution in [1.29, 1.82) is 0 Å². The Morgan fingerprint density at radius 2 is 2.04 bits per heavy atom. The number of aromatic nitrogens is 5. The summed E-state index contributed by atoms with van der Waals surface area (Å²) in [5, 5.41) is 17.8. The Balaban J connectivity index is 1.51. The van der Waals surface area contributed by atoms with Gasteiger partial charge in [-0.1, -0.05) is 16.9 Å². The van der Waals surface area contributed by atoms with Crippen molar-refractivity contribution in [3.05, 3.63) is 53.1 Å². The second-order valence-corrected chi connectivity index (χ2v) is 6.99. The Bertz CT molecular complexity index is 947. The first-order valence-corrected chi connectivity index (χ1v) is 9.72. The lowest BCUT2D eigenvalue weighted by molar-refractivity contribution is 0.426. The van der Waals surface area contributed by atoms with Crippen molar-refractivity contribution in [3.8, 4) is 22.7 Å². The lowest BCUT2D eigenvalue weighted by atomic mass is 10.2. The molecule has 4 rings (SSSR count). The first-order chi connectivity index (χ1) is 12.3. The average Bonchev–Trinajstić information content (AvgIpc) is 3.39. The zero-order valence-electron chi connectivity index (χ0n) is 13.5. The number of pyridine rings is 1. The van der Waals surface area contributed by atoms with E-state index in [-0.39, 0.29) is 0 Å². The normalized spacial score (nSPS) is 11.1. The highest BCUT2D eigenvalue weighted by Crippen LogP contribution is 2.28. The summed E-state index contributed by atoms with van der Waals surface area (Å²) in [5.41, 5.74) is 2.96. The van der Waals surface area contributed by atoms with Gasteiger partial charge in [-0.15, -0.1) is 10.2 Å². The van der Waals surface area contributed by atoms with Crippen LogP contribution >= 0.6 is 23.1 Å². The molecule has 4 heterocycles. The van der Waals surface area contributed by atoms with Gasteiger partial charge in [0.1, 0.15) is 0 Å². The number of hydrogen-bond acceptors (Lipinski definition) is 7. The van der Waals surface area contributed by atoms with Crippen molar-refractivity contribution >= 4 is 23.1 Å². The van der Waals surface area contributed by atoms with Gasteiger partial charge in [0.15, 0.2) is 16.7 Å². The van der Waals surface area contributed by atoms with Crippen LogP contribution in [0.4, 0.5) is 0 Å². The molecule has 0 bridgehead atoms. The van der Waals surface area contributed by atoms with E-state index < -0.39 is 0 Å². The van der Waals surface area contributed by atoms with Crippen LogP contribution in [0.3, 0.4) is 0 Å². The molecule has 0 aliphatic carbocycles. The van der Waals surface area contributed by atoms with Gasteiger partial charge in [0.25, 0.3) is 0 Å². The molecule has 0 N–H and O–H groups in total. The molecule has 0 atom stereocenters. The van der Waals surface area contributed by atoms with Gasteiger partial charge < -0.3 is 9.09 Å². The molecule has 0 saturated heterocycles. The second kappa shape index (κ2) is 7.20. The highest BCUT2D eigenvalue weighted by Gasteiger charge is 2.14. The van der Waals surface area contributed by atoms with Crippen molar-refractivity contribution in [2.24, 2.45) is 0 Å². The molecule has 0 amide bonds. The number of hydrogen-bond donors (Lipinski definition) is 0. The minimum absolute atomic E-state index is 0.683. The number of thiophene rings is 1. The first-order valence-electron chi connectivity index (χ1n) is 7.79. The summed E-state index contributed by atoms with van der Waals surface area (Å²) in [7, 11) is 0. The van der Waals surface area contributed by atoms with Crippen LogP contribution in [0.15, 0.2) is 57.1 Å². The van der Waals surface area contributed by atoms with E-state index in [1.807, 2.05) is 35.0 Å². The molecule has 126 valence electrons. The smallest absolute Gasteiger partial charge is 0.191 e. The fraction of sp³-hybridized carbons (Fsp3) is 0.176. The van der Waals surface area contributed by atoms with Crippen LogP contribution in [-0.2, 0) is 12.3 Å². The largest absolute Gasteiger partial charge is 0.356 e. The van der Waals surface area contributed by atoms with Gasteiger partial charge in [-0.25, -0.2) is 0 Å². The van der Waals surface area contributed by atoms with Crippen LogP contribution in [0.1, 0.15) is 12.6 Å². The van der Waals surface area contributed by atoms with Crippen molar-refractivity contribution < 1.29 is 4.52 Å².